The number of hydrazine groups is 1. The first-order valence-electron chi connectivity index (χ1n) is 6.50. The lowest BCUT2D eigenvalue weighted by Crippen LogP contribution is -2.48. The van der Waals surface area contributed by atoms with Gasteiger partial charge in [-0.15, -0.1) is 4.83 Å². The van der Waals surface area contributed by atoms with E-state index in [1.165, 1.54) is 0 Å². The van der Waals surface area contributed by atoms with Gasteiger partial charge in [-0.05, 0) is 11.5 Å². The summed E-state index contributed by atoms with van der Waals surface area (Å²) in [5, 5.41) is 3.33. The maximum atomic E-state index is 12.5. The molecular formula is C14H16N2O3S. The predicted molar refractivity (Wildman–Crippen MR) is 76.7 cm³/mol. The highest BCUT2D eigenvalue weighted by Gasteiger charge is 2.21. The second-order valence-corrected chi connectivity index (χ2v) is 6.30. The number of ether oxygens (including phenoxy) is 1. The van der Waals surface area contributed by atoms with E-state index in [1.54, 1.807) is 17.1 Å². The Hall–Kier alpha value is -1.47. The van der Waals surface area contributed by atoms with E-state index in [9.17, 15) is 8.42 Å². The number of nitrogens with one attached hydrogen (secondary N) is 1. The van der Waals surface area contributed by atoms with Crippen molar-refractivity contribution in [1.29, 1.82) is 0 Å². The number of hydrogen-bond donors (Lipinski definition) is 1. The number of nitrogens with zero attached hydrogens (tertiary/aromatic N) is 1. The van der Waals surface area contributed by atoms with Crippen LogP contribution < -0.4 is 4.83 Å². The van der Waals surface area contributed by atoms with Crippen molar-refractivity contribution >= 4 is 20.8 Å². The fraction of sp³-hybridized carbons (Fsp3) is 0.286. The van der Waals surface area contributed by atoms with Crippen molar-refractivity contribution in [2.24, 2.45) is 0 Å². The predicted octanol–water partition coefficient (Wildman–Crippen LogP) is 1.37. The second-order valence-electron chi connectivity index (χ2n) is 4.67. The van der Waals surface area contributed by atoms with Crippen LogP contribution in [-0.4, -0.2) is 39.7 Å². The van der Waals surface area contributed by atoms with Crippen LogP contribution in [-0.2, 0) is 14.8 Å². The highest BCUT2D eigenvalue weighted by atomic mass is 32.2. The molecule has 2 aromatic rings. The third kappa shape index (κ3) is 2.69. The molecule has 0 spiro atoms. The van der Waals surface area contributed by atoms with Crippen LogP contribution in [0.5, 0.6) is 0 Å². The first-order valence-corrected chi connectivity index (χ1v) is 7.98. The van der Waals surface area contributed by atoms with Gasteiger partial charge in [-0.1, -0.05) is 36.4 Å². The van der Waals surface area contributed by atoms with Crippen molar-refractivity contribution in [3.05, 3.63) is 42.5 Å². The van der Waals surface area contributed by atoms with Crippen LogP contribution in [0, 0.1) is 0 Å². The average Bonchev–Trinajstić information content (AvgIpc) is 2.47. The van der Waals surface area contributed by atoms with Crippen molar-refractivity contribution in [3.63, 3.8) is 0 Å². The van der Waals surface area contributed by atoms with E-state index in [0.29, 0.717) is 31.2 Å². The zero-order valence-electron chi connectivity index (χ0n) is 11.0. The van der Waals surface area contributed by atoms with Crippen LogP contribution in [0.15, 0.2) is 47.4 Å². The molecule has 1 N–H and O–H groups in total. The molecule has 2 aromatic carbocycles. The molecular weight excluding hydrogens is 276 g/mol. The lowest BCUT2D eigenvalue weighted by molar-refractivity contribution is 0.0272. The molecule has 6 heteroatoms. The smallest absolute Gasteiger partial charge is 0.254 e. The van der Waals surface area contributed by atoms with E-state index < -0.39 is 10.0 Å². The molecule has 1 saturated heterocycles. The Morgan fingerprint density at radius 2 is 1.70 bits per heavy atom. The zero-order valence-corrected chi connectivity index (χ0v) is 11.8. The number of rotatable bonds is 3. The first kappa shape index (κ1) is 13.5. The Morgan fingerprint density at radius 3 is 2.50 bits per heavy atom. The van der Waals surface area contributed by atoms with Crippen molar-refractivity contribution in [2.75, 3.05) is 26.3 Å². The third-order valence-electron chi connectivity index (χ3n) is 3.30. The minimum atomic E-state index is -3.57. The van der Waals surface area contributed by atoms with Gasteiger partial charge in [-0.2, -0.15) is 0 Å². The lowest BCUT2D eigenvalue weighted by Gasteiger charge is -2.26. The summed E-state index contributed by atoms with van der Waals surface area (Å²) in [7, 11) is -3.57. The molecule has 0 aromatic heterocycles. The van der Waals surface area contributed by atoms with Gasteiger partial charge in [0.1, 0.15) is 0 Å². The summed E-state index contributed by atoms with van der Waals surface area (Å²) in [4.78, 5) is 2.94. The molecule has 1 aliphatic heterocycles. The molecule has 20 heavy (non-hydrogen) atoms. The topological polar surface area (TPSA) is 58.6 Å². The van der Waals surface area contributed by atoms with Gasteiger partial charge < -0.3 is 4.74 Å². The van der Waals surface area contributed by atoms with Gasteiger partial charge in [0, 0.05) is 18.5 Å². The highest BCUT2D eigenvalue weighted by molar-refractivity contribution is 7.89. The monoisotopic (exact) mass is 292 g/mol. The van der Waals surface area contributed by atoms with Crippen LogP contribution >= 0.6 is 0 Å². The molecule has 0 aliphatic carbocycles. The Balaban J connectivity index is 1.96. The van der Waals surface area contributed by atoms with Gasteiger partial charge in [-0.25, -0.2) is 13.4 Å². The average molecular weight is 292 g/mol. The number of fused-ring (bicyclic) bond motifs is 1. The van der Waals surface area contributed by atoms with Gasteiger partial charge >= 0.3 is 0 Å². The van der Waals surface area contributed by atoms with Gasteiger partial charge in [0.05, 0.1) is 18.1 Å². The highest BCUT2D eigenvalue weighted by Crippen LogP contribution is 2.22. The first-order chi connectivity index (χ1) is 9.67. The molecule has 0 radical (unpaired) electrons. The van der Waals surface area contributed by atoms with Gasteiger partial charge in [-0.3, -0.25) is 0 Å². The minimum Gasteiger partial charge on any atom is -0.379 e. The Labute approximate surface area is 118 Å². The molecule has 0 saturated carbocycles. The van der Waals surface area contributed by atoms with E-state index in [-0.39, 0.29) is 0 Å². The van der Waals surface area contributed by atoms with Crippen LogP contribution in [0.3, 0.4) is 0 Å². The Bertz CT molecular complexity index is 704. The normalized spacial score (nSPS) is 17.4. The summed E-state index contributed by atoms with van der Waals surface area (Å²) in [6, 6.07) is 12.8. The quantitative estimate of drug-likeness (QED) is 0.928. The van der Waals surface area contributed by atoms with Crippen LogP contribution in [0.25, 0.3) is 10.8 Å². The summed E-state index contributed by atoms with van der Waals surface area (Å²) in [6.07, 6.45) is 0. The van der Waals surface area contributed by atoms with E-state index in [1.807, 2.05) is 30.3 Å². The van der Waals surface area contributed by atoms with E-state index in [4.69, 9.17) is 4.74 Å². The molecule has 1 fully saturated rings. The van der Waals surface area contributed by atoms with Crippen molar-refractivity contribution in [3.8, 4) is 0 Å². The third-order valence-corrected chi connectivity index (χ3v) is 4.73. The van der Waals surface area contributed by atoms with Gasteiger partial charge in [0.2, 0.25) is 0 Å². The largest absolute Gasteiger partial charge is 0.379 e. The molecule has 5 nitrogen and oxygen atoms in total. The van der Waals surface area contributed by atoms with E-state index >= 15 is 0 Å². The number of sulfonamides is 1. The number of morpholine rings is 1. The molecule has 106 valence electrons. The summed E-state index contributed by atoms with van der Waals surface area (Å²) >= 11 is 0. The minimum absolute atomic E-state index is 0.307. The molecule has 0 atom stereocenters. The summed E-state index contributed by atoms with van der Waals surface area (Å²) in [5.41, 5.74) is 0. The Morgan fingerprint density at radius 1 is 1.00 bits per heavy atom. The molecule has 1 aliphatic rings. The van der Waals surface area contributed by atoms with Crippen LogP contribution in [0.2, 0.25) is 0 Å². The van der Waals surface area contributed by atoms with Crippen LogP contribution in [0.1, 0.15) is 0 Å². The number of hydrogen-bond acceptors (Lipinski definition) is 4. The molecule has 3 rings (SSSR count). The molecule has 0 amide bonds. The maximum absolute atomic E-state index is 12.5. The van der Waals surface area contributed by atoms with E-state index in [0.717, 1.165) is 10.8 Å². The summed E-state index contributed by atoms with van der Waals surface area (Å²) in [5.74, 6) is 0. The molecule has 0 bridgehead atoms. The molecule has 1 heterocycles. The molecule has 0 unspecified atom stereocenters. The van der Waals surface area contributed by atoms with Crippen molar-refractivity contribution < 1.29 is 13.2 Å². The van der Waals surface area contributed by atoms with Crippen molar-refractivity contribution in [1.82, 2.24) is 9.84 Å². The zero-order chi connectivity index (χ0) is 14.0. The summed E-state index contributed by atoms with van der Waals surface area (Å²) in [6.45, 7) is 2.20. The van der Waals surface area contributed by atoms with Crippen LogP contribution in [0.4, 0.5) is 0 Å². The SMILES string of the molecule is O=S(=O)(NN1CCOCC1)c1cccc2ccccc12. The second kappa shape index (κ2) is 5.49. The van der Waals surface area contributed by atoms with E-state index in [2.05, 4.69) is 4.83 Å². The number of benzene rings is 2. The lowest BCUT2D eigenvalue weighted by atomic mass is 10.1. The van der Waals surface area contributed by atoms with Gasteiger partial charge in [0.25, 0.3) is 10.0 Å². The Kier molecular flexibility index (Phi) is 3.71. The summed E-state index contributed by atoms with van der Waals surface area (Å²) < 4.78 is 30.3. The fourth-order valence-corrected chi connectivity index (χ4v) is 3.66. The van der Waals surface area contributed by atoms with Crippen molar-refractivity contribution in [2.45, 2.75) is 4.90 Å². The fourth-order valence-electron chi connectivity index (χ4n) is 2.30. The maximum Gasteiger partial charge on any atom is 0.254 e. The standard InChI is InChI=1S/C14H16N2O3S/c17-20(18,15-16-8-10-19-11-9-16)14-7-3-5-12-4-1-2-6-13(12)14/h1-7,15H,8-11H2. The van der Waals surface area contributed by atoms with Gasteiger partial charge in [0.15, 0.2) is 0 Å².